The van der Waals surface area contributed by atoms with E-state index in [1.165, 1.54) is 12.0 Å². The normalized spacial score (nSPS) is 56.9. The van der Waals surface area contributed by atoms with Gasteiger partial charge in [-0.3, -0.25) is 0 Å². The molecule has 3 rings (SSSR count). The molecule has 0 saturated heterocycles. The van der Waals surface area contributed by atoms with Crippen molar-refractivity contribution >= 4 is 0 Å². The van der Waals surface area contributed by atoms with Crippen LogP contribution in [0.25, 0.3) is 0 Å². The zero-order valence-corrected chi connectivity index (χ0v) is 8.38. The molecule has 0 bridgehead atoms. The number of hydrogen-bond donors (Lipinski definition) is 1. The summed E-state index contributed by atoms with van der Waals surface area (Å²) in [5.74, 6) is 3.28. The van der Waals surface area contributed by atoms with E-state index in [0.29, 0.717) is 0 Å². The Labute approximate surface area is 79.9 Å². The third kappa shape index (κ3) is 0.663. The number of hydrogen-bond acceptors (Lipinski definition) is 1. The van der Waals surface area contributed by atoms with Crippen molar-refractivity contribution in [3.05, 3.63) is 24.4 Å². The summed E-state index contributed by atoms with van der Waals surface area (Å²) in [7, 11) is 0. The van der Waals surface area contributed by atoms with Crippen LogP contribution in [0.1, 0.15) is 20.3 Å². The van der Waals surface area contributed by atoms with Crippen molar-refractivity contribution in [3.8, 4) is 0 Å². The van der Waals surface area contributed by atoms with Gasteiger partial charge < -0.3 is 5.32 Å². The van der Waals surface area contributed by atoms with E-state index in [-0.39, 0.29) is 5.54 Å². The average Bonchev–Trinajstić information content (AvgIpc) is 2.49. The van der Waals surface area contributed by atoms with Crippen LogP contribution < -0.4 is 5.32 Å². The van der Waals surface area contributed by atoms with E-state index >= 15 is 0 Å². The van der Waals surface area contributed by atoms with Crippen LogP contribution in [0.5, 0.6) is 0 Å². The first-order valence-corrected chi connectivity index (χ1v) is 5.28. The molecular formula is C12H17N. The first-order chi connectivity index (χ1) is 6.14. The molecule has 2 aliphatic carbocycles. The minimum Gasteiger partial charge on any atom is -0.382 e. The monoisotopic (exact) mass is 175 g/mol. The van der Waals surface area contributed by atoms with Gasteiger partial charge in [0.25, 0.3) is 0 Å². The molecule has 1 heterocycles. The Balaban J connectivity index is 2.03. The zero-order valence-electron chi connectivity index (χ0n) is 8.38. The second-order valence-corrected chi connectivity index (χ2v) is 5.16. The van der Waals surface area contributed by atoms with E-state index in [4.69, 9.17) is 0 Å². The van der Waals surface area contributed by atoms with Gasteiger partial charge in [0.2, 0.25) is 0 Å². The van der Waals surface area contributed by atoms with E-state index in [1.54, 1.807) is 0 Å². The van der Waals surface area contributed by atoms with Crippen LogP contribution in [0.4, 0.5) is 0 Å². The molecule has 0 aromatic rings. The van der Waals surface area contributed by atoms with Crippen LogP contribution >= 0.6 is 0 Å². The largest absolute Gasteiger partial charge is 0.382 e. The SMILES string of the molecule is C=C1[C@@H]2C(C[C@@H]2C)C2C=CN[C@@]12C. The Morgan fingerprint density at radius 2 is 2.38 bits per heavy atom. The number of nitrogens with one attached hydrogen (secondary N) is 1. The van der Waals surface area contributed by atoms with E-state index < -0.39 is 0 Å². The summed E-state index contributed by atoms with van der Waals surface area (Å²) in [6, 6.07) is 0. The summed E-state index contributed by atoms with van der Waals surface area (Å²) in [5, 5.41) is 3.49. The third-order valence-corrected chi connectivity index (χ3v) is 4.60. The highest BCUT2D eigenvalue weighted by molar-refractivity contribution is 5.38. The summed E-state index contributed by atoms with van der Waals surface area (Å²) >= 11 is 0. The highest BCUT2D eigenvalue weighted by Crippen LogP contribution is 2.61. The second-order valence-electron chi connectivity index (χ2n) is 5.16. The lowest BCUT2D eigenvalue weighted by molar-refractivity contribution is 0.118. The maximum atomic E-state index is 4.30. The van der Waals surface area contributed by atoms with Gasteiger partial charge in [0.05, 0.1) is 5.54 Å². The standard InChI is InChI=1S/C12H17N/c1-7-6-9-10-4-5-13-12(10,3)8(2)11(7)9/h4-5,7,9-11,13H,2,6H2,1,3H3/t7-,9?,10?,11+,12-/m0/s1. The minimum atomic E-state index is 0.195. The van der Waals surface area contributed by atoms with Gasteiger partial charge in [-0.05, 0) is 42.9 Å². The number of fused-ring (bicyclic) bond motifs is 3. The van der Waals surface area contributed by atoms with E-state index in [0.717, 1.165) is 23.7 Å². The molecular weight excluding hydrogens is 158 g/mol. The highest BCUT2D eigenvalue weighted by Gasteiger charge is 2.59. The van der Waals surface area contributed by atoms with Crippen LogP contribution in [-0.2, 0) is 0 Å². The molecule has 0 aromatic carbocycles. The molecule has 0 amide bonds. The first kappa shape index (κ1) is 7.66. The average molecular weight is 175 g/mol. The minimum absolute atomic E-state index is 0.195. The molecule has 2 fully saturated rings. The van der Waals surface area contributed by atoms with Crippen LogP contribution in [-0.4, -0.2) is 5.54 Å². The maximum absolute atomic E-state index is 4.30. The van der Waals surface area contributed by atoms with Crippen molar-refractivity contribution in [2.75, 3.05) is 0 Å². The molecule has 1 N–H and O–H groups in total. The molecule has 1 aliphatic heterocycles. The maximum Gasteiger partial charge on any atom is 0.0617 e. The van der Waals surface area contributed by atoms with Crippen LogP contribution in [0, 0.1) is 23.7 Å². The summed E-state index contributed by atoms with van der Waals surface area (Å²) in [4.78, 5) is 0. The van der Waals surface area contributed by atoms with Gasteiger partial charge in [0.1, 0.15) is 0 Å². The first-order valence-electron chi connectivity index (χ1n) is 5.28. The molecule has 70 valence electrons. The molecule has 5 atom stereocenters. The van der Waals surface area contributed by atoms with Crippen molar-refractivity contribution < 1.29 is 0 Å². The van der Waals surface area contributed by atoms with Crippen molar-refractivity contribution in [1.82, 2.24) is 5.32 Å². The number of rotatable bonds is 0. The molecule has 0 aromatic heterocycles. The van der Waals surface area contributed by atoms with Crippen LogP contribution in [0.2, 0.25) is 0 Å². The lowest BCUT2D eigenvalue weighted by Crippen LogP contribution is -2.39. The molecule has 1 heteroatoms. The van der Waals surface area contributed by atoms with Crippen molar-refractivity contribution in [2.45, 2.75) is 25.8 Å². The highest BCUT2D eigenvalue weighted by atomic mass is 15.0. The summed E-state index contributed by atoms with van der Waals surface area (Å²) in [6.07, 6.45) is 5.87. The predicted octanol–water partition coefficient (Wildman–Crippen LogP) is 2.32. The van der Waals surface area contributed by atoms with E-state index in [9.17, 15) is 0 Å². The molecule has 13 heavy (non-hydrogen) atoms. The van der Waals surface area contributed by atoms with Gasteiger partial charge in [-0.25, -0.2) is 0 Å². The summed E-state index contributed by atoms with van der Waals surface area (Å²) < 4.78 is 0. The van der Waals surface area contributed by atoms with Crippen LogP contribution in [0.3, 0.4) is 0 Å². The van der Waals surface area contributed by atoms with Crippen molar-refractivity contribution in [2.24, 2.45) is 23.7 Å². The second kappa shape index (κ2) is 2.02. The molecule has 2 saturated carbocycles. The van der Waals surface area contributed by atoms with Crippen LogP contribution in [0.15, 0.2) is 24.4 Å². The van der Waals surface area contributed by atoms with Gasteiger partial charge in [0, 0.05) is 5.92 Å². The molecule has 2 unspecified atom stereocenters. The Hall–Kier alpha value is -0.720. The van der Waals surface area contributed by atoms with Gasteiger partial charge in [0.15, 0.2) is 0 Å². The summed E-state index contributed by atoms with van der Waals surface area (Å²) in [5.41, 5.74) is 1.64. The van der Waals surface area contributed by atoms with Gasteiger partial charge >= 0.3 is 0 Å². The fourth-order valence-corrected chi connectivity index (χ4v) is 3.76. The van der Waals surface area contributed by atoms with Gasteiger partial charge in [-0.15, -0.1) is 0 Å². The quantitative estimate of drug-likeness (QED) is 0.557. The lowest BCUT2D eigenvalue weighted by atomic mass is 9.64. The zero-order chi connectivity index (χ0) is 9.22. The summed E-state index contributed by atoms with van der Waals surface area (Å²) in [6.45, 7) is 8.97. The van der Waals surface area contributed by atoms with E-state index in [2.05, 4.69) is 38.0 Å². The molecule has 0 radical (unpaired) electrons. The Kier molecular flexibility index (Phi) is 1.19. The Morgan fingerprint density at radius 1 is 1.62 bits per heavy atom. The molecule has 1 nitrogen and oxygen atoms in total. The molecule has 3 aliphatic rings. The van der Waals surface area contributed by atoms with Gasteiger partial charge in [-0.1, -0.05) is 19.6 Å². The third-order valence-electron chi connectivity index (χ3n) is 4.60. The Bertz CT molecular complexity index is 304. The predicted molar refractivity (Wildman–Crippen MR) is 54.1 cm³/mol. The fraction of sp³-hybridized carbons (Fsp3) is 0.667. The Morgan fingerprint density at radius 3 is 3.08 bits per heavy atom. The van der Waals surface area contributed by atoms with E-state index in [1.807, 2.05) is 0 Å². The van der Waals surface area contributed by atoms with Crippen molar-refractivity contribution in [3.63, 3.8) is 0 Å². The molecule has 0 spiro atoms. The fourth-order valence-electron chi connectivity index (χ4n) is 3.76. The van der Waals surface area contributed by atoms with Gasteiger partial charge in [-0.2, -0.15) is 0 Å². The smallest absolute Gasteiger partial charge is 0.0617 e. The van der Waals surface area contributed by atoms with Crippen molar-refractivity contribution in [1.29, 1.82) is 0 Å². The lowest BCUT2D eigenvalue weighted by Gasteiger charge is -2.40. The topological polar surface area (TPSA) is 12.0 Å².